The minimum Gasteiger partial charge on any atom is -0.492 e. The molecule has 0 atom stereocenters. The van der Waals surface area contributed by atoms with Crippen molar-refractivity contribution in [2.24, 2.45) is 0 Å². The third-order valence-electron chi connectivity index (χ3n) is 5.13. The molecule has 1 fully saturated rings. The summed E-state index contributed by atoms with van der Waals surface area (Å²) in [4.78, 5) is 32.0. The van der Waals surface area contributed by atoms with Crippen LogP contribution in [0.2, 0.25) is 0 Å². The summed E-state index contributed by atoms with van der Waals surface area (Å²) in [6.45, 7) is 5.10. The zero-order chi connectivity index (χ0) is 24.0. The van der Waals surface area contributed by atoms with Crippen LogP contribution < -0.4 is 15.6 Å². The van der Waals surface area contributed by atoms with Crippen LogP contribution in [-0.4, -0.2) is 67.8 Å². The van der Waals surface area contributed by atoms with Crippen molar-refractivity contribution in [1.29, 1.82) is 0 Å². The lowest BCUT2D eigenvalue weighted by Gasteiger charge is -2.26. The van der Waals surface area contributed by atoms with E-state index in [0.717, 1.165) is 0 Å². The summed E-state index contributed by atoms with van der Waals surface area (Å²) in [6.07, 6.45) is 2.04. The molecule has 1 amide bonds. The highest BCUT2D eigenvalue weighted by atomic mass is 32.2. The van der Waals surface area contributed by atoms with Crippen molar-refractivity contribution in [3.05, 3.63) is 39.8 Å². The van der Waals surface area contributed by atoms with Crippen molar-refractivity contribution in [1.82, 2.24) is 14.3 Å². The Morgan fingerprint density at radius 2 is 2.06 bits per heavy atom. The number of sulfonamides is 1. The molecular weight excluding hydrogens is 468 g/mol. The number of ether oxygens (including phenoxy) is 2. The second-order valence-electron chi connectivity index (χ2n) is 7.29. The Labute approximate surface area is 197 Å². The van der Waals surface area contributed by atoms with Gasteiger partial charge in [-0.05, 0) is 44.7 Å². The van der Waals surface area contributed by atoms with Gasteiger partial charge >= 0.3 is 0 Å². The number of nitrogens with zero attached hydrogens (tertiary/aromatic N) is 2. The molecule has 0 bridgehead atoms. The second-order valence-corrected chi connectivity index (χ2v) is 10.0. The standard InChI is InChI=1S/C21H28N4O6S2/c1-4-31-18-7-5-15(33(28,29)25-9-11-30-12-10-25)13-17(18)23-19(26)8-6-16-14(2)22-21(32-3)24-20(16)27/h5,7,13H,4,6,8-12H2,1-3H3,(H,23,26)(H,22,24,27). The number of amides is 1. The van der Waals surface area contributed by atoms with Gasteiger partial charge in [-0.25, -0.2) is 13.4 Å². The number of thioether (sulfide) groups is 1. The summed E-state index contributed by atoms with van der Waals surface area (Å²) >= 11 is 1.33. The predicted molar refractivity (Wildman–Crippen MR) is 126 cm³/mol. The first kappa shape index (κ1) is 25.2. The maximum absolute atomic E-state index is 13.0. The number of morpholine rings is 1. The van der Waals surface area contributed by atoms with Crippen LogP contribution in [0.5, 0.6) is 5.75 Å². The molecule has 2 aromatic rings. The number of H-pyrrole nitrogens is 1. The van der Waals surface area contributed by atoms with Gasteiger partial charge in [0.05, 0.1) is 30.4 Å². The van der Waals surface area contributed by atoms with E-state index in [4.69, 9.17) is 9.47 Å². The highest BCUT2D eigenvalue weighted by molar-refractivity contribution is 7.98. The molecule has 1 aromatic carbocycles. The van der Waals surface area contributed by atoms with Crippen molar-refractivity contribution in [3.63, 3.8) is 0 Å². The average molecular weight is 497 g/mol. The van der Waals surface area contributed by atoms with E-state index >= 15 is 0 Å². The first-order valence-corrected chi connectivity index (χ1v) is 13.2. The van der Waals surface area contributed by atoms with Gasteiger partial charge in [-0.1, -0.05) is 11.8 Å². The lowest BCUT2D eigenvalue weighted by Crippen LogP contribution is -2.40. The Kier molecular flexibility index (Phi) is 8.51. The summed E-state index contributed by atoms with van der Waals surface area (Å²) in [5, 5.41) is 3.25. The van der Waals surface area contributed by atoms with Gasteiger partial charge in [-0.3, -0.25) is 9.59 Å². The van der Waals surface area contributed by atoms with Crippen molar-refractivity contribution < 1.29 is 22.7 Å². The van der Waals surface area contributed by atoms with E-state index in [1.54, 1.807) is 13.8 Å². The molecular formula is C21H28N4O6S2. The minimum atomic E-state index is -3.73. The number of rotatable bonds is 9. The van der Waals surface area contributed by atoms with Crippen LogP contribution in [0.3, 0.4) is 0 Å². The Morgan fingerprint density at radius 1 is 1.33 bits per heavy atom. The van der Waals surface area contributed by atoms with Gasteiger partial charge < -0.3 is 19.8 Å². The van der Waals surface area contributed by atoms with E-state index in [2.05, 4.69) is 15.3 Å². The summed E-state index contributed by atoms with van der Waals surface area (Å²) in [5.74, 6) is -0.00332. The Morgan fingerprint density at radius 3 is 2.70 bits per heavy atom. The molecule has 1 saturated heterocycles. The lowest BCUT2D eigenvalue weighted by atomic mass is 10.1. The number of carbonyl (C=O) groups excluding carboxylic acids is 1. The summed E-state index contributed by atoms with van der Waals surface area (Å²) < 4.78 is 38.2. The molecule has 1 aliphatic heterocycles. The Bertz CT molecular complexity index is 1160. The smallest absolute Gasteiger partial charge is 0.254 e. The molecule has 0 unspecified atom stereocenters. The number of hydrogen-bond acceptors (Lipinski definition) is 8. The fourth-order valence-electron chi connectivity index (χ4n) is 3.41. The van der Waals surface area contributed by atoms with Gasteiger partial charge in [0.25, 0.3) is 5.56 Å². The molecule has 3 rings (SSSR count). The number of aromatic amines is 1. The Balaban J connectivity index is 1.78. The molecule has 33 heavy (non-hydrogen) atoms. The normalized spacial score (nSPS) is 14.8. The summed E-state index contributed by atoms with van der Waals surface area (Å²) in [6, 6.07) is 4.40. The summed E-state index contributed by atoms with van der Waals surface area (Å²) in [5.41, 5.74) is 1.01. The van der Waals surface area contributed by atoms with Gasteiger partial charge in [-0.15, -0.1) is 0 Å². The van der Waals surface area contributed by atoms with Crippen LogP contribution in [0.15, 0.2) is 33.0 Å². The van der Waals surface area contributed by atoms with Crippen LogP contribution in [0.4, 0.5) is 5.69 Å². The molecule has 0 saturated carbocycles. The molecule has 0 aliphatic carbocycles. The molecule has 12 heteroatoms. The number of aromatic nitrogens is 2. The van der Waals surface area contributed by atoms with Crippen molar-refractivity contribution in [3.8, 4) is 5.75 Å². The highest BCUT2D eigenvalue weighted by Crippen LogP contribution is 2.30. The SMILES string of the molecule is CCOc1ccc(S(=O)(=O)N2CCOCC2)cc1NC(=O)CCc1c(C)nc(SC)[nH]c1=O. The van der Waals surface area contributed by atoms with Crippen LogP contribution in [0, 0.1) is 6.92 Å². The number of carbonyl (C=O) groups is 1. The number of anilines is 1. The molecule has 1 aliphatic rings. The van der Waals surface area contributed by atoms with Gasteiger partial charge in [0.1, 0.15) is 5.75 Å². The third-order valence-corrected chi connectivity index (χ3v) is 7.60. The average Bonchev–Trinajstić information content (AvgIpc) is 2.80. The van der Waals surface area contributed by atoms with Crippen molar-refractivity contribution in [2.75, 3.05) is 44.5 Å². The largest absolute Gasteiger partial charge is 0.492 e. The second kappa shape index (κ2) is 11.1. The maximum Gasteiger partial charge on any atom is 0.254 e. The van der Waals surface area contributed by atoms with E-state index < -0.39 is 10.0 Å². The molecule has 0 spiro atoms. The van der Waals surface area contributed by atoms with E-state index in [1.165, 1.54) is 34.3 Å². The van der Waals surface area contributed by atoms with Crippen molar-refractivity contribution >= 4 is 33.4 Å². The quantitative estimate of drug-likeness (QED) is 0.397. The van der Waals surface area contributed by atoms with E-state index in [-0.39, 0.29) is 48.0 Å². The fourth-order valence-corrected chi connectivity index (χ4v) is 5.27. The zero-order valence-electron chi connectivity index (χ0n) is 18.8. The first-order valence-electron chi connectivity index (χ1n) is 10.5. The fraction of sp³-hybridized carbons (Fsp3) is 0.476. The van der Waals surface area contributed by atoms with E-state index in [0.29, 0.717) is 42.0 Å². The number of benzene rings is 1. The number of nitrogens with one attached hydrogen (secondary N) is 2. The van der Waals surface area contributed by atoms with Crippen LogP contribution in [-0.2, 0) is 26.0 Å². The van der Waals surface area contributed by atoms with Gasteiger partial charge in [0, 0.05) is 30.8 Å². The van der Waals surface area contributed by atoms with Crippen LogP contribution in [0.25, 0.3) is 0 Å². The Hall–Kier alpha value is -2.41. The number of aryl methyl sites for hydroxylation is 1. The molecule has 2 heterocycles. The molecule has 2 N–H and O–H groups in total. The zero-order valence-corrected chi connectivity index (χ0v) is 20.5. The maximum atomic E-state index is 13.0. The number of hydrogen-bond donors (Lipinski definition) is 2. The van der Waals surface area contributed by atoms with Crippen LogP contribution >= 0.6 is 11.8 Å². The summed E-state index contributed by atoms with van der Waals surface area (Å²) in [7, 11) is -3.73. The first-order chi connectivity index (χ1) is 15.8. The van der Waals surface area contributed by atoms with Gasteiger partial charge in [0.15, 0.2) is 5.16 Å². The predicted octanol–water partition coefficient (Wildman–Crippen LogP) is 1.79. The van der Waals surface area contributed by atoms with Crippen molar-refractivity contribution in [2.45, 2.75) is 36.7 Å². The lowest BCUT2D eigenvalue weighted by molar-refractivity contribution is -0.116. The monoisotopic (exact) mass is 496 g/mol. The van der Waals surface area contributed by atoms with Gasteiger partial charge in [-0.2, -0.15) is 4.31 Å². The van der Waals surface area contributed by atoms with Crippen LogP contribution in [0.1, 0.15) is 24.6 Å². The third kappa shape index (κ3) is 6.14. The highest BCUT2D eigenvalue weighted by Gasteiger charge is 2.27. The van der Waals surface area contributed by atoms with E-state index in [9.17, 15) is 18.0 Å². The van der Waals surface area contributed by atoms with E-state index in [1.807, 2.05) is 6.26 Å². The molecule has 180 valence electrons. The molecule has 1 aromatic heterocycles. The minimum absolute atomic E-state index is 0.0240. The molecule has 10 nitrogen and oxygen atoms in total. The topological polar surface area (TPSA) is 131 Å². The molecule has 0 radical (unpaired) electrons. The van der Waals surface area contributed by atoms with Gasteiger partial charge in [0.2, 0.25) is 15.9 Å².